The fraction of sp³-hybridized carbons (Fsp3) is 0.500. The SMILES string of the molecule is CCCOc1ccc(C(=O)C2CC2C)cc1Br. The summed E-state index contributed by atoms with van der Waals surface area (Å²) in [6.45, 7) is 4.89. The summed E-state index contributed by atoms with van der Waals surface area (Å²) in [5, 5.41) is 0. The van der Waals surface area contributed by atoms with Crippen molar-refractivity contribution in [3.8, 4) is 5.75 Å². The molecule has 0 saturated heterocycles. The van der Waals surface area contributed by atoms with E-state index in [1.54, 1.807) is 0 Å². The standard InChI is InChI=1S/C14H17BrO2/c1-3-6-17-13-5-4-10(8-12(13)15)14(16)11-7-9(11)2/h4-5,8-9,11H,3,6-7H2,1-2H3. The van der Waals surface area contributed by atoms with Crippen molar-refractivity contribution in [1.82, 2.24) is 0 Å². The van der Waals surface area contributed by atoms with Crippen LogP contribution >= 0.6 is 15.9 Å². The van der Waals surface area contributed by atoms with Gasteiger partial charge in [-0.05, 0) is 52.9 Å². The van der Waals surface area contributed by atoms with Gasteiger partial charge in [0.05, 0.1) is 11.1 Å². The molecule has 1 aliphatic carbocycles. The van der Waals surface area contributed by atoms with Gasteiger partial charge in [0.1, 0.15) is 5.75 Å². The number of carbonyl (C=O) groups excluding carboxylic acids is 1. The van der Waals surface area contributed by atoms with Crippen LogP contribution in [0.5, 0.6) is 5.75 Å². The molecule has 0 bridgehead atoms. The maximum absolute atomic E-state index is 12.0. The Morgan fingerprint density at radius 3 is 2.76 bits per heavy atom. The van der Waals surface area contributed by atoms with Gasteiger partial charge in [-0.25, -0.2) is 0 Å². The molecule has 1 aromatic carbocycles. The van der Waals surface area contributed by atoms with Crippen LogP contribution in [0.15, 0.2) is 22.7 Å². The Labute approximate surface area is 110 Å². The van der Waals surface area contributed by atoms with Crippen LogP contribution in [0, 0.1) is 11.8 Å². The van der Waals surface area contributed by atoms with Crippen LogP contribution in [0.1, 0.15) is 37.0 Å². The number of hydrogen-bond donors (Lipinski definition) is 0. The third kappa shape index (κ3) is 2.89. The van der Waals surface area contributed by atoms with E-state index in [4.69, 9.17) is 4.74 Å². The Kier molecular flexibility index (Phi) is 3.87. The Bertz CT molecular complexity index is 428. The second-order valence-electron chi connectivity index (χ2n) is 4.68. The largest absolute Gasteiger partial charge is 0.492 e. The Morgan fingerprint density at radius 2 is 2.24 bits per heavy atom. The van der Waals surface area contributed by atoms with Gasteiger partial charge in [-0.3, -0.25) is 4.79 Å². The average Bonchev–Trinajstić information content (AvgIpc) is 3.04. The Balaban J connectivity index is 2.10. The van der Waals surface area contributed by atoms with E-state index in [1.165, 1.54) is 0 Å². The summed E-state index contributed by atoms with van der Waals surface area (Å²) < 4.78 is 6.43. The van der Waals surface area contributed by atoms with Crippen LogP contribution in [0.4, 0.5) is 0 Å². The second-order valence-corrected chi connectivity index (χ2v) is 5.53. The first-order valence-electron chi connectivity index (χ1n) is 6.10. The molecular formula is C14H17BrO2. The molecule has 1 aliphatic rings. The van der Waals surface area contributed by atoms with Crippen molar-refractivity contribution in [2.45, 2.75) is 26.7 Å². The predicted molar refractivity (Wildman–Crippen MR) is 71.5 cm³/mol. The maximum Gasteiger partial charge on any atom is 0.166 e. The first-order valence-corrected chi connectivity index (χ1v) is 6.89. The second kappa shape index (κ2) is 5.21. The van der Waals surface area contributed by atoms with Crippen LogP contribution in [0.2, 0.25) is 0 Å². The molecule has 0 amide bonds. The molecule has 0 spiro atoms. The Morgan fingerprint density at radius 1 is 1.53 bits per heavy atom. The minimum atomic E-state index is 0.240. The highest BCUT2D eigenvalue weighted by atomic mass is 79.9. The van der Waals surface area contributed by atoms with Crippen molar-refractivity contribution in [3.63, 3.8) is 0 Å². The summed E-state index contributed by atoms with van der Waals surface area (Å²) in [6.07, 6.45) is 2.01. The zero-order valence-electron chi connectivity index (χ0n) is 10.2. The minimum absolute atomic E-state index is 0.240. The minimum Gasteiger partial charge on any atom is -0.492 e. The van der Waals surface area contributed by atoms with E-state index >= 15 is 0 Å². The van der Waals surface area contributed by atoms with E-state index in [1.807, 2.05) is 18.2 Å². The summed E-state index contributed by atoms with van der Waals surface area (Å²) in [5.74, 6) is 1.87. The first-order chi connectivity index (χ1) is 8.13. The molecule has 2 nitrogen and oxygen atoms in total. The number of Topliss-reactive ketones (excluding diaryl/α,β-unsaturated/α-hetero) is 1. The van der Waals surface area contributed by atoms with Crippen molar-refractivity contribution in [2.24, 2.45) is 11.8 Å². The van der Waals surface area contributed by atoms with Crippen molar-refractivity contribution < 1.29 is 9.53 Å². The van der Waals surface area contributed by atoms with Gasteiger partial charge in [-0.2, -0.15) is 0 Å². The number of ketones is 1. The third-order valence-electron chi connectivity index (χ3n) is 3.12. The molecule has 0 N–H and O–H groups in total. The molecule has 92 valence electrons. The Hall–Kier alpha value is -0.830. The predicted octanol–water partition coefficient (Wildman–Crippen LogP) is 4.08. The van der Waals surface area contributed by atoms with Gasteiger partial charge < -0.3 is 4.74 Å². The molecule has 2 atom stereocenters. The molecule has 2 unspecified atom stereocenters. The smallest absolute Gasteiger partial charge is 0.166 e. The quantitative estimate of drug-likeness (QED) is 0.766. The number of ether oxygens (including phenoxy) is 1. The number of carbonyl (C=O) groups is 1. The summed E-state index contributed by atoms with van der Waals surface area (Å²) in [6, 6.07) is 5.61. The lowest BCUT2D eigenvalue weighted by molar-refractivity contribution is 0.0962. The van der Waals surface area contributed by atoms with Crippen LogP contribution in [-0.4, -0.2) is 12.4 Å². The van der Waals surface area contributed by atoms with Gasteiger partial charge in [0, 0.05) is 11.5 Å². The van der Waals surface area contributed by atoms with Gasteiger partial charge in [-0.1, -0.05) is 13.8 Å². The molecule has 0 aromatic heterocycles. The van der Waals surface area contributed by atoms with Crippen LogP contribution in [0.25, 0.3) is 0 Å². The molecule has 3 heteroatoms. The zero-order valence-corrected chi connectivity index (χ0v) is 11.8. The van der Waals surface area contributed by atoms with Crippen LogP contribution in [0.3, 0.4) is 0 Å². The summed E-state index contributed by atoms with van der Waals surface area (Å²) in [4.78, 5) is 12.0. The fourth-order valence-electron chi connectivity index (χ4n) is 1.88. The number of benzene rings is 1. The van der Waals surface area contributed by atoms with Crippen molar-refractivity contribution in [2.75, 3.05) is 6.61 Å². The molecule has 1 fully saturated rings. The monoisotopic (exact) mass is 296 g/mol. The molecule has 1 aromatic rings. The van der Waals surface area contributed by atoms with Gasteiger partial charge in [-0.15, -0.1) is 0 Å². The van der Waals surface area contributed by atoms with Crippen molar-refractivity contribution in [3.05, 3.63) is 28.2 Å². The van der Waals surface area contributed by atoms with Crippen LogP contribution in [-0.2, 0) is 0 Å². The molecule has 0 heterocycles. The lowest BCUT2D eigenvalue weighted by Gasteiger charge is -2.08. The van der Waals surface area contributed by atoms with E-state index < -0.39 is 0 Å². The lowest BCUT2D eigenvalue weighted by atomic mass is 10.1. The third-order valence-corrected chi connectivity index (χ3v) is 3.74. The summed E-state index contributed by atoms with van der Waals surface area (Å²) in [7, 11) is 0. The number of hydrogen-bond acceptors (Lipinski definition) is 2. The van der Waals surface area contributed by atoms with Gasteiger partial charge >= 0.3 is 0 Å². The normalized spacial score (nSPS) is 22.3. The zero-order chi connectivity index (χ0) is 12.4. The summed E-state index contributed by atoms with van der Waals surface area (Å²) >= 11 is 3.45. The van der Waals surface area contributed by atoms with E-state index in [2.05, 4.69) is 29.8 Å². The number of rotatable bonds is 5. The highest BCUT2D eigenvalue weighted by Gasteiger charge is 2.39. The lowest BCUT2D eigenvalue weighted by Crippen LogP contribution is -2.03. The average molecular weight is 297 g/mol. The van der Waals surface area contributed by atoms with Gasteiger partial charge in [0.25, 0.3) is 0 Å². The van der Waals surface area contributed by atoms with Gasteiger partial charge in [0.2, 0.25) is 0 Å². The molecular weight excluding hydrogens is 280 g/mol. The molecule has 0 aliphatic heterocycles. The molecule has 0 radical (unpaired) electrons. The van der Waals surface area contributed by atoms with Crippen LogP contribution < -0.4 is 4.74 Å². The molecule has 17 heavy (non-hydrogen) atoms. The topological polar surface area (TPSA) is 26.3 Å². The highest BCUT2D eigenvalue weighted by molar-refractivity contribution is 9.10. The highest BCUT2D eigenvalue weighted by Crippen LogP contribution is 2.41. The van der Waals surface area contributed by atoms with E-state index in [9.17, 15) is 4.79 Å². The number of halogens is 1. The fourth-order valence-corrected chi connectivity index (χ4v) is 2.38. The van der Waals surface area contributed by atoms with E-state index in [0.29, 0.717) is 12.5 Å². The first kappa shape index (κ1) is 12.6. The van der Waals surface area contributed by atoms with Crippen molar-refractivity contribution >= 4 is 21.7 Å². The molecule has 2 rings (SSSR count). The maximum atomic E-state index is 12.0. The summed E-state index contributed by atoms with van der Waals surface area (Å²) in [5.41, 5.74) is 0.787. The van der Waals surface area contributed by atoms with Crippen molar-refractivity contribution in [1.29, 1.82) is 0 Å². The van der Waals surface area contributed by atoms with Gasteiger partial charge in [0.15, 0.2) is 5.78 Å². The van der Waals surface area contributed by atoms with E-state index in [-0.39, 0.29) is 11.7 Å². The molecule has 1 saturated carbocycles. The van der Waals surface area contributed by atoms with E-state index in [0.717, 1.165) is 28.6 Å².